The summed E-state index contributed by atoms with van der Waals surface area (Å²) in [5.41, 5.74) is 3.33. The summed E-state index contributed by atoms with van der Waals surface area (Å²) in [5, 5.41) is 1.37. The summed E-state index contributed by atoms with van der Waals surface area (Å²) >= 11 is 0. The lowest BCUT2D eigenvalue weighted by Gasteiger charge is -2.06. The van der Waals surface area contributed by atoms with Crippen molar-refractivity contribution in [3.05, 3.63) is 94.4 Å². The number of unbranched alkanes of at least 4 members (excludes halogenated alkanes) is 2. The summed E-state index contributed by atoms with van der Waals surface area (Å²) in [5.74, 6) is 2.43. The zero-order chi connectivity index (χ0) is 28.2. The van der Waals surface area contributed by atoms with Crippen molar-refractivity contribution in [2.75, 3.05) is 14.2 Å². The maximum Gasteiger partial charge on any atom is 0.197 e. The fraction of sp³-hybridized carbons (Fsp3) is 0.294. The summed E-state index contributed by atoms with van der Waals surface area (Å²) in [4.78, 5) is 27.8. The topological polar surface area (TPSA) is 78.9 Å². The molecule has 206 valence electrons. The number of ketones is 2. The number of furan rings is 2. The predicted octanol–water partition coefficient (Wildman–Crippen LogP) is 8.34. The molecule has 0 aliphatic carbocycles. The molecule has 6 nitrogen and oxygen atoms in total. The highest BCUT2D eigenvalue weighted by Crippen LogP contribution is 2.37. The Morgan fingerprint density at radius 2 is 1.02 bits per heavy atom. The monoisotopic (exact) mass is 538 g/mol. The lowest BCUT2D eigenvalue weighted by atomic mass is 9.95. The van der Waals surface area contributed by atoms with Crippen LogP contribution in [0.5, 0.6) is 11.5 Å². The van der Waals surface area contributed by atoms with Crippen LogP contribution in [0.2, 0.25) is 0 Å². The van der Waals surface area contributed by atoms with Gasteiger partial charge in [0.1, 0.15) is 34.2 Å². The first-order valence-corrected chi connectivity index (χ1v) is 13.9. The van der Waals surface area contributed by atoms with E-state index in [1.54, 1.807) is 62.8 Å². The maximum absolute atomic E-state index is 13.9. The lowest BCUT2D eigenvalue weighted by Crippen LogP contribution is -2.05. The molecule has 2 aromatic heterocycles. The number of hydrogen-bond acceptors (Lipinski definition) is 6. The molecule has 40 heavy (non-hydrogen) atoms. The number of hydrogen-bond donors (Lipinski definition) is 0. The fourth-order valence-corrected chi connectivity index (χ4v) is 5.09. The first-order valence-electron chi connectivity index (χ1n) is 13.9. The van der Waals surface area contributed by atoms with Gasteiger partial charge in [-0.15, -0.1) is 0 Å². The Labute approximate surface area is 233 Å². The quantitative estimate of drug-likeness (QED) is 0.149. The Kier molecular flexibility index (Phi) is 8.06. The number of fused-ring (bicyclic) bond motifs is 2. The third-order valence-electron chi connectivity index (χ3n) is 7.32. The molecule has 5 rings (SSSR count). The smallest absolute Gasteiger partial charge is 0.197 e. The van der Waals surface area contributed by atoms with Crippen molar-refractivity contribution in [1.82, 2.24) is 0 Å². The van der Waals surface area contributed by atoms with Gasteiger partial charge in [-0.3, -0.25) is 9.59 Å². The zero-order valence-corrected chi connectivity index (χ0v) is 23.5. The lowest BCUT2D eigenvalue weighted by molar-refractivity contribution is 0.103. The average molecular weight is 539 g/mol. The van der Waals surface area contributed by atoms with Gasteiger partial charge < -0.3 is 18.3 Å². The van der Waals surface area contributed by atoms with E-state index in [4.69, 9.17) is 18.3 Å². The van der Waals surface area contributed by atoms with Gasteiger partial charge >= 0.3 is 0 Å². The molecule has 0 fully saturated rings. The Balaban J connectivity index is 1.70. The van der Waals surface area contributed by atoms with Crippen LogP contribution in [0, 0.1) is 0 Å². The van der Waals surface area contributed by atoms with Crippen LogP contribution in [0.3, 0.4) is 0 Å². The minimum Gasteiger partial charge on any atom is -0.497 e. The number of methoxy groups -OCH3 is 2. The standard InChI is InChI=1S/C34H34O6/c1-5-7-9-27-31(33(35)21-11-15-23(37-3)16-12-21)25-19-26-30(20-29(25)39-27)40-28(10-8-6-2)32(26)34(36)22-13-17-24(38-4)18-14-22/h11-20H,5-10H2,1-4H3. The third kappa shape index (κ3) is 5.14. The molecule has 3 aromatic carbocycles. The van der Waals surface area contributed by atoms with E-state index < -0.39 is 0 Å². The number of rotatable bonds is 12. The molecule has 2 heterocycles. The minimum atomic E-state index is -0.121. The molecule has 0 amide bonds. The summed E-state index contributed by atoms with van der Waals surface area (Å²) in [6.07, 6.45) is 5.00. The van der Waals surface area contributed by atoms with Crippen LogP contribution >= 0.6 is 0 Å². The second-order valence-electron chi connectivity index (χ2n) is 9.97. The molecule has 0 spiro atoms. The van der Waals surface area contributed by atoms with E-state index in [-0.39, 0.29) is 11.6 Å². The van der Waals surface area contributed by atoms with E-state index in [2.05, 4.69) is 13.8 Å². The van der Waals surface area contributed by atoms with Crippen LogP contribution in [0.4, 0.5) is 0 Å². The van der Waals surface area contributed by atoms with E-state index in [1.165, 1.54) is 0 Å². The Hall–Kier alpha value is -4.32. The van der Waals surface area contributed by atoms with Gasteiger partial charge in [0.05, 0.1) is 25.3 Å². The molecular formula is C34H34O6. The first-order chi connectivity index (χ1) is 19.5. The van der Waals surface area contributed by atoms with Crippen molar-refractivity contribution in [3.8, 4) is 11.5 Å². The van der Waals surface area contributed by atoms with E-state index in [1.807, 2.05) is 12.1 Å². The van der Waals surface area contributed by atoms with Gasteiger partial charge in [0.25, 0.3) is 0 Å². The zero-order valence-electron chi connectivity index (χ0n) is 23.5. The molecule has 6 heteroatoms. The molecule has 0 radical (unpaired) electrons. The molecule has 0 unspecified atom stereocenters. The first kappa shape index (κ1) is 27.3. The molecule has 0 saturated carbocycles. The number of benzene rings is 3. The van der Waals surface area contributed by atoms with E-state index in [0.717, 1.165) is 25.7 Å². The largest absolute Gasteiger partial charge is 0.497 e. The molecule has 0 aliphatic heterocycles. The van der Waals surface area contributed by atoms with Crippen LogP contribution in [0.25, 0.3) is 21.9 Å². The fourth-order valence-electron chi connectivity index (χ4n) is 5.09. The highest BCUT2D eigenvalue weighted by Gasteiger charge is 2.27. The predicted molar refractivity (Wildman–Crippen MR) is 156 cm³/mol. The Morgan fingerprint density at radius 3 is 1.38 bits per heavy atom. The molecule has 0 N–H and O–H groups in total. The highest BCUT2D eigenvalue weighted by molar-refractivity contribution is 6.21. The van der Waals surface area contributed by atoms with Crippen molar-refractivity contribution in [3.63, 3.8) is 0 Å². The highest BCUT2D eigenvalue weighted by atomic mass is 16.5. The summed E-state index contributed by atoms with van der Waals surface area (Å²) in [6, 6.07) is 17.9. The van der Waals surface area contributed by atoms with Crippen molar-refractivity contribution in [2.24, 2.45) is 0 Å². The minimum absolute atomic E-state index is 0.121. The van der Waals surface area contributed by atoms with Crippen molar-refractivity contribution in [2.45, 2.75) is 52.4 Å². The van der Waals surface area contributed by atoms with Crippen LogP contribution in [0.1, 0.15) is 82.9 Å². The van der Waals surface area contributed by atoms with Gasteiger partial charge in [-0.25, -0.2) is 0 Å². The normalized spacial score (nSPS) is 11.3. The number of ether oxygens (including phenoxy) is 2. The van der Waals surface area contributed by atoms with Gasteiger partial charge in [-0.1, -0.05) is 26.7 Å². The Bertz CT molecular complexity index is 1530. The van der Waals surface area contributed by atoms with Crippen molar-refractivity contribution in [1.29, 1.82) is 0 Å². The van der Waals surface area contributed by atoms with Gasteiger partial charge in [0, 0.05) is 40.8 Å². The van der Waals surface area contributed by atoms with E-state index >= 15 is 0 Å². The molecule has 5 aromatic rings. The van der Waals surface area contributed by atoms with Crippen molar-refractivity contribution < 1.29 is 27.9 Å². The molecule has 0 aliphatic rings. The molecule has 0 saturated heterocycles. The van der Waals surface area contributed by atoms with E-state index in [0.29, 0.717) is 80.1 Å². The second-order valence-corrected chi connectivity index (χ2v) is 9.97. The molecular weight excluding hydrogens is 504 g/mol. The van der Waals surface area contributed by atoms with Crippen LogP contribution in [0.15, 0.2) is 69.5 Å². The summed E-state index contributed by atoms with van der Waals surface area (Å²) in [6.45, 7) is 4.21. The number of carbonyl (C=O) groups excluding carboxylic acids is 2. The van der Waals surface area contributed by atoms with Gasteiger partial charge in [0.15, 0.2) is 11.6 Å². The van der Waals surface area contributed by atoms with Gasteiger partial charge in [-0.05, 0) is 67.4 Å². The maximum atomic E-state index is 13.9. The van der Waals surface area contributed by atoms with Crippen LogP contribution in [-0.2, 0) is 12.8 Å². The summed E-state index contributed by atoms with van der Waals surface area (Å²) < 4.78 is 23.1. The van der Waals surface area contributed by atoms with Gasteiger partial charge in [-0.2, -0.15) is 0 Å². The number of carbonyl (C=O) groups is 2. The third-order valence-corrected chi connectivity index (χ3v) is 7.32. The molecule has 0 atom stereocenters. The molecule has 0 bridgehead atoms. The van der Waals surface area contributed by atoms with Crippen LogP contribution in [-0.4, -0.2) is 25.8 Å². The average Bonchev–Trinajstić information content (AvgIpc) is 3.53. The van der Waals surface area contributed by atoms with E-state index in [9.17, 15) is 9.59 Å². The summed E-state index contributed by atoms with van der Waals surface area (Å²) in [7, 11) is 3.19. The Morgan fingerprint density at radius 1 is 0.625 bits per heavy atom. The second kappa shape index (κ2) is 11.8. The van der Waals surface area contributed by atoms with Crippen molar-refractivity contribution >= 4 is 33.5 Å². The number of aryl methyl sites for hydroxylation is 2. The SMILES string of the molecule is CCCCc1oc2cc3oc(CCCC)c(C(=O)c4ccc(OC)cc4)c3cc2c1C(=O)c1ccc(OC)cc1. The van der Waals surface area contributed by atoms with Crippen LogP contribution < -0.4 is 9.47 Å². The van der Waals surface area contributed by atoms with Gasteiger partial charge in [0.2, 0.25) is 0 Å².